The molecule has 0 spiro atoms. The van der Waals surface area contributed by atoms with Crippen LogP contribution in [0.2, 0.25) is 0 Å². The van der Waals surface area contributed by atoms with Crippen molar-refractivity contribution in [3.8, 4) is 0 Å². The Labute approximate surface area is 129 Å². The summed E-state index contributed by atoms with van der Waals surface area (Å²) in [5.41, 5.74) is 1.17. The molecule has 0 saturated carbocycles. The van der Waals surface area contributed by atoms with Gasteiger partial charge in [0.2, 0.25) is 5.91 Å². The monoisotopic (exact) mass is 309 g/mol. The normalized spacial score (nSPS) is 12.5. The highest BCUT2D eigenvalue weighted by molar-refractivity contribution is 7.11. The largest absolute Gasteiger partial charge is 0.481 e. The summed E-state index contributed by atoms with van der Waals surface area (Å²) in [5.74, 6) is -0.507. The standard InChI is InChI=1S/C16H23NO3S/c1-3-13(4-7-16(19)20)8-10-17-15(18)6-5-14-12(2)9-11-21-14/h5-6,9,11,13H,3-4,7-8,10H2,1-2H3,(H,17,18)(H,19,20). The number of carboxylic acid groups (broad SMARTS) is 1. The van der Waals surface area contributed by atoms with Crippen LogP contribution in [-0.2, 0) is 9.59 Å². The molecule has 1 rings (SSSR count). The number of thiophene rings is 1. The van der Waals surface area contributed by atoms with E-state index in [2.05, 4.69) is 5.32 Å². The van der Waals surface area contributed by atoms with Crippen LogP contribution in [0.4, 0.5) is 0 Å². The van der Waals surface area contributed by atoms with E-state index in [4.69, 9.17) is 5.11 Å². The fraction of sp³-hybridized carbons (Fsp3) is 0.500. The molecular formula is C16H23NO3S. The summed E-state index contributed by atoms with van der Waals surface area (Å²) in [7, 11) is 0. The predicted molar refractivity (Wildman–Crippen MR) is 86.4 cm³/mol. The maximum atomic E-state index is 11.7. The molecule has 0 aliphatic carbocycles. The number of amides is 1. The van der Waals surface area contributed by atoms with Crippen molar-refractivity contribution in [2.45, 2.75) is 39.5 Å². The van der Waals surface area contributed by atoms with Gasteiger partial charge < -0.3 is 10.4 Å². The van der Waals surface area contributed by atoms with Crippen LogP contribution in [0.1, 0.15) is 43.0 Å². The Morgan fingerprint density at radius 3 is 2.76 bits per heavy atom. The Kier molecular flexibility index (Phi) is 7.75. The number of aryl methyl sites for hydroxylation is 1. The highest BCUT2D eigenvalue weighted by Crippen LogP contribution is 2.17. The Morgan fingerprint density at radius 1 is 1.43 bits per heavy atom. The molecule has 1 aromatic heterocycles. The van der Waals surface area contributed by atoms with Crippen LogP contribution in [0, 0.1) is 12.8 Å². The lowest BCUT2D eigenvalue weighted by Gasteiger charge is -2.13. The first-order valence-corrected chi connectivity index (χ1v) is 8.12. The lowest BCUT2D eigenvalue weighted by molar-refractivity contribution is -0.137. The van der Waals surface area contributed by atoms with E-state index in [1.807, 2.05) is 31.4 Å². The molecule has 1 heterocycles. The second-order valence-electron chi connectivity index (χ2n) is 5.09. The van der Waals surface area contributed by atoms with E-state index in [1.54, 1.807) is 17.4 Å². The minimum absolute atomic E-state index is 0.101. The number of rotatable bonds is 9. The van der Waals surface area contributed by atoms with Gasteiger partial charge in [0, 0.05) is 23.9 Å². The number of hydrogen-bond donors (Lipinski definition) is 2. The minimum atomic E-state index is -0.758. The van der Waals surface area contributed by atoms with Crippen molar-refractivity contribution >= 4 is 29.3 Å². The lowest BCUT2D eigenvalue weighted by Crippen LogP contribution is -2.24. The first-order valence-electron chi connectivity index (χ1n) is 7.24. The zero-order valence-corrected chi connectivity index (χ0v) is 13.4. The van der Waals surface area contributed by atoms with Gasteiger partial charge in [0.1, 0.15) is 0 Å². The van der Waals surface area contributed by atoms with Crippen molar-refractivity contribution in [1.82, 2.24) is 5.32 Å². The quantitative estimate of drug-likeness (QED) is 0.686. The van der Waals surface area contributed by atoms with Gasteiger partial charge in [-0.2, -0.15) is 0 Å². The molecule has 0 bridgehead atoms. The topological polar surface area (TPSA) is 66.4 Å². The van der Waals surface area contributed by atoms with Crippen LogP contribution in [-0.4, -0.2) is 23.5 Å². The van der Waals surface area contributed by atoms with Crippen LogP contribution in [0.25, 0.3) is 6.08 Å². The van der Waals surface area contributed by atoms with E-state index >= 15 is 0 Å². The fourth-order valence-corrected chi connectivity index (χ4v) is 2.86. The summed E-state index contributed by atoms with van der Waals surface area (Å²) < 4.78 is 0. The van der Waals surface area contributed by atoms with E-state index in [1.165, 1.54) is 5.56 Å². The van der Waals surface area contributed by atoms with Crippen molar-refractivity contribution in [1.29, 1.82) is 0 Å². The molecule has 1 aromatic rings. The predicted octanol–water partition coefficient (Wildman–Crippen LogP) is 3.47. The molecule has 1 atom stereocenters. The van der Waals surface area contributed by atoms with Gasteiger partial charge in [-0.05, 0) is 48.8 Å². The molecule has 0 saturated heterocycles. The van der Waals surface area contributed by atoms with E-state index < -0.39 is 5.97 Å². The van der Waals surface area contributed by atoms with E-state index in [0.29, 0.717) is 18.9 Å². The van der Waals surface area contributed by atoms with Gasteiger partial charge in [0.15, 0.2) is 0 Å². The maximum absolute atomic E-state index is 11.7. The fourth-order valence-electron chi connectivity index (χ4n) is 2.05. The molecule has 5 heteroatoms. The van der Waals surface area contributed by atoms with Crippen molar-refractivity contribution < 1.29 is 14.7 Å². The van der Waals surface area contributed by atoms with E-state index in [0.717, 1.165) is 17.7 Å². The minimum Gasteiger partial charge on any atom is -0.481 e. The first-order chi connectivity index (χ1) is 10.0. The van der Waals surface area contributed by atoms with Gasteiger partial charge >= 0.3 is 5.97 Å². The molecule has 0 aliphatic rings. The second-order valence-corrected chi connectivity index (χ2v) is 6.04. The summed E-state index contributed by atoms with van der Waals surface area (Å²) in [4.78, 5) is 23.3. The van der Waals surface area contributed by atoms with Crippen LogP contribution >= 0.6 is 11.3 Å². The van der Waals surface area contributed by atoms with Gasteiger partial charge in [-0.15, -0.1) is 11.3 Å². The Hall–Kier alpha value is -1.62. The zero-order chi connectivity index (χ0) is 15.7. The summed E-state index contributed by atoms with van der Waals surface area (Å²) >= 11 is 1.61. The summed E-state index contributed by atoms with van der Waals surface area (Å²) in [5, 5.41) is 13.5. The molecule has 4 nitrogen and oxygen atoms in total. The van der Waals surface area contributed by atoms with Crippen molar-refractivity contribution in [2.75, 3.05) is 6.54 Å². The number of hydrogen-bond acceptors (Lipinski definition) is 3. The Morgan fingerprint density at radius 2 is 2.19 bits per heavy atom. The molecule has 116 valence electrons. The van der Waals surface area contributed by atoms with Crippen LogP contribution in [0.5, 0.6) is 0 Å². The van der Waals surface area contributed by atoms with Crippen molar-refractivity contribution in [3.63, 3.8) is 0 Å². The highest BCUT2D eigenvalue weighted by Gasteiger charge is 2.09. The number of carboxylic acids is 1. The van der Waals surface area contributed by atoms with Gasteiger partial charge in [0.25, 0.3) is 0 Å². The summed E-state index contributed by atoms with van der Waals surface area (Å²) in [6.45, 7) is 4.65. The average Bonchev–Trinajstić information content (AvgIpc) is 2.85. The molecule has 0 fully saturated rings. The zero-order valence-electron chi connectivity index (χ0n) is 12.6. The third-order valence-electron chi connectivity index (χ3n) is 3.48. The Balaban J connectivity index is 2.27. The van der Waals surface area contributed by atoms with E-state index in [9.17, 15) is 9.59 Å². The van der Waals surface area contributed by atoms with Crippen LogP contribution in [0.3, 0.4) is 0 Å². The van der Waals surface area contributed by atoms with Gasteiger partial charge in [-0.1, -0.05) is 13.3 Å². The molecule has 1 amide bonds. The lowest BCUT2D eigenvalue weighted by atomic mass is 9.97. The van der Waals surface area contributed by atoms with Crippen LogP contribution < -0.4 is 5.32 Å². The SMILES string of the molecule is CCC(CCNC(=O)C=Cc1sccc1C)CCC(=O)O. The highest BCUT2D eigenvalue weighted by atomic mass is 32.1. The van der Waals surface area contributed by atoms with Gasteiger partial charge in [-0.3, -0.25) is 9.59 Å². The van der Waals surface area contributed by atoms with Crippen molar-refractivity contribution in [2.24, 2.45) is 5.92 Å². The third-order valence-corrected chi connectivity index (χ3v) is 4.47. The van der Waals surface area contributed by atoms with Gasteiger partial charge in [0.05, 0.1) is 0 Å². The molecule has 0 radical (unpaired) electrons. The molecule has 0 aliphatic heterocycles. The van der Waals surface area contributed by atoms with Gasteiger partial charge in [-0.25, -0.2) is 0 Å². The number of aliphatic carboxylic acids is 1. The Bertz CT molecular complexity index is 493. The summed E-state index contributed by atoms with van der Waals surface area (Å²) in [6.07, 6.45) is 6.01. The second kappa shape index (κ2) is 9.34. The van der Waals surface area contributed by atoms with E-state index in [-0.39, 0.29) is 12.3 Å². The maximum Gasteiger partial charge on any atom is 0.303 e. The molecular weight excluding hydrogens is 286 g/mol. The molecule has 1 unspecified atom stereocenters. The van der Waals surface area contributed by atoms with Crippen LogP contribution in [0.15, 0.2) is 17.5 Å². The molecule has 2 N–H and O–H groups in total. The smallest absolute Gasteiger partial charge is 0.303 e. The molecule has 21 heavy (non-hydrogen) atoms. The molecule has 0 aromatic carbocycles. The third kappa shape index (κ3) is 7.09. The number of nitrogens with one attached hydrogen (secondary N) is 1. The van der Waals surface area contributed by atoms with Crippen molar-refractivity contribution in [3.05, 3.63) is 28.0 Å². The number of carbonyl (C=O) groups is 2. The summed E-state index contributed by atoms with van der Waals surface area (Å²) in [6, 6.07) is 2.02. The number of carbonyl (C=O) groups excluding carboxylic acids is 1. The first kappa shape index (κ1) is 17.4. The average molecular weight is 309 g/mol.